The molecule has 0 aliphatic carbocycles. The molecule has 0 unspecified atom stereocenters. The molecule has 0 aliphatic rings. The number of carbonyl (C=O) groups is 1. The van der Waals surface area contributed by atoms with E-state index >= 15 is 0 Å². The Labute approximate surface area is 175 Å². The highest BCUT2D eigenvalue weighted by Gasteiger charge is 2.18. The van der Waals surface area contributed by atoms with E-state index in [1.807, 2.05) is 0 Å². The Hall–Kier alpha value is -2.25. The molecule has 2 aromatic carbocycles. The summed E-state index contributed by atoms with van der Waals surface area (Å²) >= 11 is 6.68. The molecule has 29 heavy (non-hydrogen) atoms. The van der Waals surface area contributed by atoms with Crippen LogP contribution in [0.4, 0.5) is 0 Å². The summed E-state index contributed by atoms with van der Waals surface area (Å²) in [5.41, 5.74) is 0.401. The third-order valence-corrected chi connectivity index (χ3v) is 7.41. The van der Waals surface area contributed by atoms with E-state index in [-0.39, 0.29) is 21.1 Å². The number of hydrogen-bond acceptors (Lipinski definition) is 7. The molecular weight excluding hydrogens is 462 g/mol. The summed E-state index contributed by atoms with van der Waals surface area (Å²) in [5, 5.41) is 5.51. The van der Waals surface area contributed by atoms with E-state index in [0.29, 0.717) is 15.2 Å². The lowest BCUT2D eigenvalue weighted by atomic mass is 10.3. The minimum atomic E-state index is -4.12. The van der Waals surface area contributed by atoms with E-state index in [1.165, 1.54) is 54.1 Å². The van der Waals surface area contributed by atoms with Gasteiger partial charge < -0.3 is 9.30 Å². The predicted molar refractivity (Wildman–Crippen MR) is 107 cm³/mol. The lowest BCUT2D eigenvalue weighted by molar-refractivity contribution is -0.141. The number of primary sulfonamides is 1. The van der Waals surface area contributed by atoms with Gasteiger partial charge in [0.05, 0.1) is 27.1 Å². The summed E-state index contributed by atoms with van der Waals surface area (Å²) in [7, 11) is -6.89. The maximum absolute atomic E-state index is 12.7. The van der Waals surface area contributed by atoms with Gasteiger partial charge in [-0.2, -0.15) is 8.42 Å². The van der Waals surface area contributed by atoms with Gasteiger partial charge in [-0.15, -0.1) is 4.40 Å². The fourth-order valence-electron chi connectivity index (χ4n) is 2.41. The van der Waals surface area contributed by atoms with Gasteiger partial charge in [-0.3, -0.25) is 4.79 Å². The fraction of sp³-hybridized carbons (Fsp3) is 0.125. The van der Waals surface area contributed by atoms with Crippen LogP contribution in [-0.2, 0) is 36.1 Å². The molecule has 9 nitrogen and oxygen atoms in total. The first-order chi connectivity index (χ1) is 13.5. The molecular formula is C16H14ClN3O6S3. The van der Waals surface area contributed by atoms with E-state index in [4.69, 9.17) is 16.7 Å². The maximum atomic E-state index is 12.7. The summed E-state index contributed by atoms with van der Waals surface area (Å²) in [4.78, 5) is 11.5. The minimum Gasteiger partial charge on any atom is -0.468 e. The van der Waals surface area contributed by atoms with Crippen molar-refractivity contribution in [2.45, 2.75) is 16.3 Å². The van der Waals surface area contributed by atoms with Crippen LogP contribution in [-0.4, -0.2) is 34.5 Å². The zero-order valence-electron chi connectivity index (χ0n) is 14.8. The van der Waals surface area contributed by atoms with Gasteiger partial charge in [0.25, 0.3) is 10.0 Å². The van der Waals surface area contributed by atoms with E-state index < -0.39 is 26.0 Å². The Morgan fingerprint density at radius 1 is 1.14 bits per heavy atom. The van der Waals surface area contributed by atoms with Gasteiger partial charge in [0.2, 0.25) is 14.8 Å². The van der Waals surface area contributed by atoms with Gasteiger partial charge in [0.15, 0.2) is 0 Å². The van der Waals surface area contributed by atoms with Crippen molar-refractivity contribution in [3.8, 4) is 0 Å². The normalized spacial score (nSPS) is 13.0. The van der Waals surface area contributed by atoms with Crippen molar-refractivity contribution in [3.63, 3.8) is 0 Å². The summed E-state index contributed by atoms with van der Waals surface area (Å²) < 4.78 is 58.8. The Balaban J connectivity index is 2.26. The van der Waals surface area contributed by atoms with Gasteiger partial charge >= 0.3 is 5.97 Å². The second-order valence-corrected chi connectivity index (χ2v) is 10.4. The number of sulfonamides is 2. The van der Waals surface area contributed by atoms with E-state index in [2.05, 4.69) is 9.13 Å². The van der Waals surface area contributed by atoms with Crippen molar-refractivity contribution < 1.29 is 26.4 Å². The number of methoxy groups -OCH3 is 1. The van der Waals surface area contributed by atoms with Crippen LogP contribution in [0.5, 0.6) is 0 Å². The number of benzene rings is 2. The van der Waals surface area contributed by atoms with Crippen LogP contribution >= 0.6 is 22.9 Å². The molecule has 3 rings (SSSR count). The predicted octanol–water partition coefficient (Wildman–Crippen LogP) is 1.47. The number of aromatic nitrogens is 1. The average molecular weight is 476 g/mol. The Morgan fingerprint density at radius 3 is 2.34 bits per heavy atom. The molecule has 0 saturated heterocycles. The molecule has 0 radical (unpaired) electrons. The zero-order chi connectivity index (χ0) is 21.4. The van der Waals surface area contributed by atoms with Crippen molar-refractivity contribution in [3.05, 3.63) is 52.3 Å². The number of hydrogen-bond donors (Lipinski definition) is 1. The van der Waals surface area contributed by atoms with Crippen molar-refractivity contribution in [1.82, 2.24) is 4.57 Å². The second-order valence-electron chi connectivity index (χ2n) is 5.74. The molecule has 0 saturated carbocycles. The monoisotopic (exact) mass is 475 g/mol. The number of esters is 1. The van der Waals surface area contributed by atoms with Crippen LogP contribution in [0.3, 0.4) is 0 Å². The van der Waals surface area contributed by atoms with Crippen molar-refractivity contribution in [2.75, 3.05) is 7.11 Å². The molecule has 0 spiro atoms. The summed E-state index contributed by atoms with van der Waals surface area (Å²) in [5.74, 6) is -0.634. The molecule has 154 valence electrons. The molecule has 3 aromatic rings. The summed E-state index contributed by atoms with van der Waals surface area (Å²) in [6.07, 6.45) is 0. The third-order valence-electron chi connectivity index (χ3n) is 3.81. The van der Waals surface area contributed by atoms with Crippen LogP contribution in [0, 0.1) is 0 Å². The largest absolute Gasteiger partial charge is 0.468 e. The number of thiazole rings is 1. The number of halogens is 1. The first-order valence-electron chi connectivity index (χ1n) is 7.81. The molecule has 0 aliphatic heterocycles. The SMILES string of the molecule is COC(=O)Cn1/c(=N/S(=O)(=O)c2ccc(Cl)cc2)sc2cc(S(N)(=O)=O)ccc21. The fourth-order valence-corrected chi connectivity index (χ4v) is 5.42. The highest BCUT2D eigenvalue weighted by Crippen LogP contribution is 2.22. The number of nitrogens with zero attached hydrogens (tertiary/aromatic N) is 2. The van der Waals surface area contributed by atoms with E-state index in [1.54, 1.807) is 0 Å². The molecule has 0 bridgehead atoms. The smallest absolute Gasteiger partial charge is 0.325 e. The van der Waals surface area contributed by atoms with Crippen LogP contribution in [0.15, 0.2) is 56.7 Å². The topological polar surface area (TPSA) is 138 Å². The molecule has 0 fully saturated rings. The zero-order valence-corrected chi connectivity index (χ0v) is 18.0. The van der Waals surface area contributed by atoms with Gasteiger partial charge in [0, 0.05) is 5.02 Å². The number of rotatable bonds is 5. The third kappa shape index (κ3) is 4.67. The molecule has 0 amide bonds. The average Bonchev–Trinajstić information content (AvgIpc) is 2.97. The van der Waals surface area contributed by atoms with Gasteiger partial charge in [-0.1, -0.05) is 22.9 Å². The van der Waals surface area contributed by atoms with Gasteiger partial charge in [-0.05, 0) is 42.5 Å². The van der Waals surface area contributed by atoms with E-state index in [0.717, 1.165) is 11.3 Å². The number of fused-ring (bicyclic) bond motifs is 1. The van der Waals surface area contributed by atoms with Crippen molar-refractivity contribution >= 4 is 59.2 Å². The number of nitrogens with two attached hydrogens (primary N) is 1. The molecule has 0 atom stereocenters. The summed E-state index contributed by atoms with van der Waals surface area (Å²) in [6, 6.07) is 9.40. The lowest BCUT2D eigenvalue weighted by Gasteiger charge is -2.04. The van der Waals surface area contributed by atoms with Crippen LogP contribution in [0.25, 0.3) is 10.2 Å². The first kappa shape index (κ1) is 21.5. The molecule has 2 N–H and O–H groups in total. The van der Waals surface area contributed by atoms with E-state index in [9.17, 15) is 21.6 Å². The lowest BCUT2D eigenvalue weighted by Crippen LogP contribution is -2.22. The first-order valence-corrected chi connectivity index (χ1v) is 12.0. The quantitative estimate of drug-likeness (QED) is 0.554. The van der Waals surface area contributed by atoms with Gasteiger partial charge in [0.1, 0.15) is 6.54 Å². The molecule has 13 heteroatoms. The van der Waals surface area contributed by atoms with Crippen LogP contribution in [0.2, 0.25) is 5.02 Å². The standard InChI is InChI=1S/C16H14ClN3O6S3/c1-26-15(21)9-20-13-7-6-12(28(18,22)23)8-14(13)27-16(20)19-29(24,25)11-4-2-10(17)3-5-11/h2-8H,9H2,1H3,(H2,18,22,23)/b19-16-. The Kier molecular flexibility index (Phi) is 5.83. The van der Waals surface area contributed by atoms with Crippen LogP contribution < -0.4 is 9.94 Å². The van der Waals surface area contributed by atoms with Crippen molar-refractivity contribution in [1.29, 1.82) is 0 Å². The number of ether oxygens (including phenoxy) is 1. The Bertz CT molecular complexity index is 1370. The molecule has 1 heterocycles. The maximum Gasteiger partial charge on any atom is 0.325 e. The van der Waals surface area contributed by atoms with Crippen molar-refractivity contribution in [2.24, 2.45) is 9.54 Å². The molecule has 1 aromatic heterocycles. The second kappa shape index (κ2) is 7.88. The highest BCUT2D eigenvalue weighted by molar-refractivity contribution is 7.90. The van der Waals surface area contributed by atoms with Gasteiger partial charge in [-0.25, -0.2) is 13.6 Å². The number of carbonyl (C=O) groups excluding carboxylic acids is 1. The highest BCUT2D eigenvalue weighted by atomic mass is 35.5. The summed E-state index contributed by atoms with van der Waals surface area (Å²) in [6.45, 7) is -0.319. The minimum absolute atomic E-state index is 0.0353. The van der Waals surface area contributed by atoms with Crippen LogP contribution in [0.1, 0.15) is 0 Å². The Morgan fingerprint density at radius 2 is 1.76 bits per heavy atom.